The first-order valence-corrected chi connectivity index (χ1v) is 11.7. The molecule has 0 aliphatic carbocycles. The number of β-lactam (4-membered cyclic amide) rings is 1. The van der Waals surface area contributed by atoms with Crippen molar-refractivity contribution in [3.8, 4) is 0 Å². The average Bonchev–Trinajstić information content (AvgIpc) is 2.86. The van der Waals surface area contributed by atoms with E-state index in [9.17, 15) is 32.7 Å². The van der Waals surface area contributed by atoms with Gasteiger partial charge in [-0.15, -0.1) is 11.8 Å². The smallest absolute Gasteiger partial charge is 0.477 e. The molecule has 3 N–H and O–H groups in total. The van der Waals surface area contributed by atoms with Gasteiger partial charge in [0.15, 0.2) is 0 Å². The molecule has 2 aliphatic rings. The Morgan fingerprint density at radius 3 is 2.35 bits per heavy atom. The van der Waals surface area contributed by atoms with Crippen LogP contribution in [0.1, 0.15) is 11.1 Å². The van der Waals surface area contributed by atoms with Gasteiger partial charge in [-0.1, -0.05) is 48.6 Å². The zero-order valence-electron chi connectivity index (χ0n) is 18.9. The lowest BCUT2D eigenvalue weighted by atomic mass is 10.0. The molecule has 2 aliphatic heterocycles. The second kappa shape index (κ2) is 11.7. The number of nitrogens with one attached hydrogen (secondary N) is 1. The van der Waals surface area contributed by atoms with Crippen molar-refractivity contribution in [3.05, 3.63) is 83.3 Å². The first-order valence-electron chi connectivity index (χ1n) is 10.6. The molecular formula is C24H20F3N3O6S. The molecular weight excluding hydrogens is 515 g/mol. The van der Waals surface area contributed by atoms with Crippen LogP contribution in [0.15, 0.2) is 72.2 Å². The fourth-order valence-electron chi connectivity index (χ4n) is 3.45. The van der Waals surface area contributed by atoms with Gasteiger partial charge in [0.05, 0.1) is 6.42 Å². The van der Waals surface area contributed by atoms with Crippen molar-refractivity contribution in [2.75, 3.05) is 5.75 Å². The van der Waals surface area contributed by atoms with E-state index in [0.29, 0.717) is 11.3 Å². The van der Waals surface area contributed by atoms with Gasteiger partial charge in [-0.25, -0.2) is 9.59 Å². The third kappa shape index (κ3) is 6.97. The Morgan fingerprint density at radius 1 is 1.11 bits per heavy atom. The molecule has 4 rings (SSSR count). The summed E-state index contributed by atoms with van der Waals surface area (Å²) >= 11 is 1.44. The van der Waals surface area contributed by atoms with Crippen LogP contribution in [0.4, 0.5) is 13.2 Å². The molecule has 2 amide bonds. The Kier molecular flexibility index (Phi) is 8.71. The van der Waals surface area contributed by atoms with Crippen molar-refractivity contribution in [1.82, 2.24) is 15.2 Å². The second-order valence-corrected chi connectivity index (χ2v) is 8.82. The molecule has 0 spiro atoms. The lowest BCUT2D eigenvalue weighted by molar-refractivity contribution is -0.192. The Bertz CT molecular complexity index is 1240. The largest absolute Gasteiger partial charge is 0.490 e. The second-order valence-electron chi connectivity index (χ2n) is 7.72. The van der Waals surface area contributed by atoms with Crippen molar-refractivity contribution >= 4 is 41.6 Å². The SMILES string of the molecule is O=C(Cc1ccccc1)NC1C(=O)N2C(C(=O)O)=C(C=Cc3cccnc3)CS[C@H]12.O=C(O)C(F)(F)F. The van der Waals surface area contributed by atoms with Gasteiger partial charge in [0.1, 0.15) is 17.1 Å². The molecule has 0 radical (unpaired) electrons. The maximum atomic E-state index is 12.7. The zero-order valence-corrected chi connectivity index (χ0v) is 19.7. The topological polar surface area (TPSA) is 137 Å². The van der Waals surface area contributed by atoms with Crippen LogP contribution in [-0.4, -0.2) is 67.2 Å². The van der Waals surface area contributed by atoms with Gasteiger partial charge in [-0.2, -0.15) is 13.2 Å². The Balaban J connectivity index is 0.000000479. The first kappa shape index (κ1) is 27.5. The normalized spacial score (nSPS) is 18.9. The molecule has 1 unspecified atom stereocenters. The highest BCUT2D eigenvalue weighted by Gasteiger charge is 2.53. The minimum absolute atomic E-state index is 0.0301. The van der Waals surface area contributed by atoms with Gasteiger partial charge in [0, 0.05) is 18.1 Å². The number of thioether (sulfide) groups is 1. The van der Waals surface area contributed by atoms with Gasteiger partial charge >= 0.3 is 18.1 Å². The number of carboxylic acid groups (broad SMARTS) is 2. The number of hydrogen-bond acceptors (Lipinski definition) is 6. The van der Waals surface area contributed by atoms with Gasteiger partial charge < -0.3 is 15.5 Å². The first-order chi connectivity index (χ1) is 17.5. The lowest BCUT2D eigenvalue weighted by Crippen LogP contribution is -2.70. The molecule has 1 aromatic carbocycles. The highest BCUT2D eigenvalue weighted by Crippen LogP contribution is 2.40. The summed E-state index contributed by atoms with van der Waals surface area (Å²) in [6.45, 7) is 0. The molecule has 9 nitrogen and oxygen atoms in total. The zero-order chi connectivity index (χ0) is 27.2. The lowest BCUT2D eigenvalue weighted by Gasteiger charge is -2.49. The highest BCUT2D eigenvalue weighted by atomic mass is 32.2. The number of fused-ring (bicyclic) bond motifs is 1. The molecule has 2 atom stereocenters. The number of carbonyl (C=O) groups excluding carboxylic acids is 2. The van der Waals surface area contributed by atoms with Gasteiger partial charge in [0.2, 0.25) is 5.91 Å². The van der Waals surface area contributed by atoms with Crippen LogP contribution >= 0.6 is 11.8 Å². The fraction of sp³-hybridized carbons (Fsp3) is 0.208. The van der Waals surface area contributed by atoms with Crippen molar-refractivity contribution < 1.29 is 42.6 Å². The van der Waals surface area contributed by atoms with Crippen LogP contribution in [0.25, 0.3) is 6.08 Å². The minimum Gasteiger partial charge on any atom is -0.477 e. The average molecular weight is 536 g/mol. The van der Waals surface area contributed by atoms with Gasteiger partial charge in [-0.05, 0) is 22.8 Å². The van der Waals surface area contributed by atoms with Crippen molar-refractivity contribution in [1.29, 1.82) is 0 Å². The van der Waals surface area contributed by atoms with Crippen molar-refractivity contribution in [2.24, 2.45) is 0 Å². The molecule has 1 aromatic heterocycles. The molecule has 37 heavy (non-hydrogen) atoms. The Hall–Kier alpha value is -4.13. The monoisotopic (exact) mass is 535 g/mol. The number of carbonyl (C=O) groups is 4. The van der Waals surface area contributed by atoms with E-state index in [2.05, 4.69) is 10.3 Å². The third-order valence-corrected chi connectivity index (χ3v) is 6.43. The number of pyridine rings is 1. The Morgan fingerprint density at radius 2 is 1.78 bits per heavy atom. The van der Waals surface area contributed by atoms with E-state index in [4.69, 9.17) is 9.90 Å². The van der Waals surface area contributed by atoms with E-state index in [1.807, 2.05) is 36.4 Å². The number of nitrogens with zero attached hydrogens (tertiary/aromatic N) is 2. The highest BCUT2D eigenvalue weighted by molar-refractivity contribution is 8.00. The number of benzene rings is 1. The standard InChI is InChI=1S/C22H19N3O4S.C2HF3O2/c26-17(11-14-5-2-1-3-6-14)24-18-20(27)25-19(22(28)29)16(13-30-21(18)25)9-8-15-7-4-10-23-12-15;3-2(4,5)1(6)7/h1-10,12,18,21H,11,13H2,(H,24,26)(H,28,29);(H,6,7)/t18?,21-;/m1./s1. The van der Waals surface area contributed by atoms with Crippen LogP contribution < -0.4 is 5.32 Å². The summed E-state index contributed by atoms with van der Waals surface area (Å²) in [6.07, 6.45) is 1.89. The summed E-state index contributed by atoms with van der Waals surface area (Å²) in [5.74, 6) is -4.15. The van der Waals surface area contributed by atoms with Crippen LogP contribution in [-0.2, 0) is 25.6 Å². The van der Waals surface area contributed by atoms with E-state index in [-0.39, 0.29) is 18.0 Å². The number of alkyl halides is 3. The minimum atomic E-state index is -5.08. The van der Waals surface area contributed by atoms with Gasteiger partial charge in [0.25, 0.3) is 5.91 Å². The van der Waals surface area contributed by atoms with Gasteiger partial charge in [-0.3, -0.25) is 19.5 Å². The molecule has 13 heteroatoms. The van der Waals surface area contributed by atoms with E-state index in [1.54, 1.807) is 30.6 Å². The molecule has 1 saturated heterocycles. The van der Waals surface area contributed by atoms with E-state index in [1.165, 1.54) is 16.7 Å². The van der Waals surface area contributed by atoms with Crippen LogP contribution in [0.2, 0.25) is 0 Å². The molecule has 3 heterocycles. The number of carboxylic acids is 2. The quantitative estimate of drug-likeness (QED) is 0.481. The van der Waals surface area contributed by atoms with Crippen molar-refractivity contribution in [2.45, 2.75) is 24.0 Å². The van der Waals surface area contributed by atoms with Crippen LogP contribution in [0.5, 0.6) is 0 Å². The summed E-state index contributed by atoms with van der Waals surface area (Å²) in [7, 11) is 0. The third-order valence-electron chi connectivity index (χ3n) is 5.13. The van der Waals surface area contributed by atoms with Crippen molar-refractivity contribution in [3.63, 3.8) is 0 Å². The number of aliphatic carboxylic acids is 2. The maximum Gasteiger partial charge on any atom is 0.490 e. The summed E-state index contributed by atoms with van der Waals surface area (Å²) in [6, 6.07) is 12.2. The number of allylic oxidation sites excluding steroid dienone is 1. The van der Waals surface area contributed by atoms with Crippen LogP contribution in [0.3, 0.4) is 0 Å². The fourth-order valence-corrected chi connectivity index (χ4v) is 4.77. The number of halogens is 3. The predicted octanol–water partition coefficient (Wildman–Crippen LogP) is 2.71. The van der Waals surface area contributed by atoms with E-state index >= 15 is 0 Å². The summed E-state index contributed by atoms with van der Waals surface area (Å²) < 4.78 is 31.7. The number of aromatic nitrogens is 1. The number of amides is 2. The van der Waals surface area contributed by atoms with E-state index < -0.39 is 35.4 Å². The summed E-state index contributed by atoms with van der Waals surface area (Å²) in [5.41, 5.74) is 2.21. The number of hydrogen-bond donors (Lipinski definition) is 3. The summed E-state index contributed by atoms with van der Waals surface area (Å²) in [5, 5.41) is 19.2. The maximum absolute atomic E-state index is 12.7. The molecule has 0 bridgehead atoms. The molecule has 0 saturated carbocycles. The van der Waals surface area contributed by atoms with Crippen LogP contribution in [0, 0.1) is 0 Å². The molecule has 194 valence electrons. The predicted molar refractivity (Wildman–Crippen MR) is 127 cm³/mol. The summed E-state index contributed by atoms with van der Waals surface area (Å²) in [4.78, 5) is 51.1. The molecule has 2 aromatic rings. The van der Waals surface area contributed by atoms with E-state index in [0.717, 1.165) is 11.1 Å². The molecule has 1 fully saturated rings. The number of rotatable bonds is 6. The Labute approximate surface area is 212 Å².